The molecule has 10 heteroatoms. The van der Waals surface area contributed by atoms with Crippen molar-refractivity contribution in [1.29, 1.82) is 0 Å². The van der Waals surface area contributed by atoms with Crippen LogP contribution in [0.1, 0.15) is 15.9 Å². The molecule has 0 fully saturated rings. The zero-order chi connectivity index (χ0) is 22.4. The van der Waals surface area contributed by atoms with Gasteiger partial charge in [-0.15, -0.1) is 0 Å². The van der Waals surface area contributed by atoms with Gasteiger partial charge in [0.05, 0.1) is 18.3 Å². The average molecular weight is 524 g/mol. The minimum atomic E-state index is -4.10. The largest absolute Gasteiger partial charge is 0.493 e. The maximum absolute atomic E-state index is 12.5. The molecule has 0 radical (unpaired) electrons. The van der Waals surface area contributed by atoms with Crippen LogP contribution in [0.25, 0.3) is 0 Å². The molecule has 0 aliphatic heterocycles. The molecular formula is C21H16BrClN2O5S. The highest BCUT2D eigenvalue weighted by atomic mass is 79.9. The van der Waals surface area contributed by atoms with Crippen LogP contribution in [0, 0.1) is 0 Å². The van der Waals surface area contributed by atoms with E-state index in [9.17, 15) is 13.2 Å². The smallest absolute Gasteiger partial charge is 0.339 e. The van der Waals surface area contributed by atoms with E-state index in [-0.39, 0.29) is 21.4 Å². The van der Waals surface area contributed by atoms with Gasteiger partial charge < -0.3 is 8.92 Å². The maximum atomic E-state index is 12.5. The normalized spacial score (nSPS) is 11.3. The Balaban J connectivity index is 1.79. The third-order valence-electron chi connectivity index (χ3n) is 3.94. The SMILES string of the molecule is COc1cc(/C=N\NC(=O)c2cccc(Br)c2)cc(Cl)c1OS(=O)(=O)c1ccccc1. The van der Waals surface area contributed by atoms with Crippen LogP contribution in [0.4, 0.5) is 0 Å². The summed E-state index contributed by atoms with van der Waals surface area (Å²) in [5, 5.41) is 3.90. The number of amides is 1. The fourth-order valence-corrected chi connectivity index (χ4v) is 4.18. The van der Waals surface area contributed by atoms with Crippen molar-refractivity contribution in [3.63, 3.8) is 0 Å². The molecule has 1 N–H and O–H groups in total. The zero-order valence-electron chi connectivity index (χ0n) is 16.1. The Bertz CT molecular complexity index is 1230. The summed E-state index contributed by atoms with van der Waals surface area (Å²) in [6.45, 7) is 0. The molecule has 160 valence electrons. The van der Waals surface area contributed by atoms with Crippen LogP contribution in [-0.2, 0) is 10.1 Å². The molecule has 7 nitrogen and oxygen atoms in total. The molecule has 3 rings (SSSR count). The lowest BCUT2D eigenvalue weighted by molar-refractivity contribution is 0.0955. The summed E-state index contributed by atoms with van der Waals surface area (Å²) in [6, 6.07) is 17.4. The molecule has 0 bridgehead atoms. The van der Waals surface area contributed by atoms with Crippen LogP contribution in [0.2, 0.25) is 5.02 Å². The molecule has 31 heavy (non-hydrogen) atoms. The average Bonchev–Trinajstić information content (AvgIpc) is 2.76. The van der Waals surface area contributed by atoms with Gasteiger partial charge >= 0.3 is 10.1 Å². The fourth-order valence-electron chi connectivity index (χ4n) is 2.50. The third-order valence-corrected chi connectivity index (χ3v) is 5.95. The number of hydrogen-bond donors (Lipinski definition) is 1. The van der Waals surface area contributed by atoms with Crippen LogP contribution >= 0.6 is 27.5 Å². The molecule has 0 aromatic heterocycles. The number of rotatable bonds is 7. The number of halogens is 2. The summed E-state index contributed by atoms with van der Waals surface area (Å²) in [6.07, 6.45) is 1.35. The highest BCUT2D eigenvalue weighted by molar-refractivity contribution is 9.10. The van der Waals surface area contributed by atoms with Crippen LogP contribution < -0.4 is 14.3 Å². The Morgan fingerprint density at radius 1 is 1.10 bits per heavy atom. The molecule has 3 aromatic carbocycles. The first kappa shape index (κ1) is 22.8. The second-order valence-electron chi connectivity index (χ2n) is 6.09. The maximum Gasteiger partial charge on any atom is 0.339 e. The van der Waals surface area contributed by atoms with Crippen LogP contribution in [-0.4, -0.2) is 27.6 Å². The van der Waals surface area contributed by atoms with Gasteiger partial charge in [-0.05, 0) is 48.0 Å². The predicted octanol–water partition coefficient (Wildman–Crippen LogP) is 4.64. The molecule has 1 amide bonds. The molecular weight excluding hydrogens is 508 g/mol. The molecule has 0 unspecified atom stereocenters. The Labute approximate surface area is 192 Å². The summed E-state index contributed by atoms with van der Waals surface area (Å²) >= 11 is 9.54. The summed E-state index contributed by atoms with van der Waals surface area (Å²) in [4.78, 5) is 12.1. The number of benzene rings is 3. The van der Waals surface area contributed by atoms with Gasteiger partial charge in [0, 0.05) is 10.0 Å². The second-order valence-corrected chi connectivity index (χ2v) is 8.96. The van der Waals surface area contributed by atoms with Crippen LogP contribution in [0.15, 0.2) is 81.2 Å². The number of methoxy groups -OCH3 is 1. The lowest BCUT2D eigenvalue weighted by Crippen LogP contribution is -2.17. The van der Waals surface area contributed by atoms with Gasteiger partial charge in [-0.2, -0.15) is 13.5 Å². The van der Waals surface area contributed by atoms with Gasteiger partial charge in [-0.25, -0.2) is 5.43 Å². The van der Waals surface area contributed by atoms with Crippen molar-refractivity contribution in [2.45, 2.75) is 4.90 Å². The van der Waals surface area contributed by atoms with E-state index in [2.05, 4.69) is 26.5 Å². The zero-order valence-corrected chi connectivity index (χ0v) is 19.2. The predicted molar refractivity (Wildman–Crippen MR) is 121 cm³/mol. The first-order valence-electron chi connectivity index (χ1n) is 8.76. The Morgan fingerprint density at radius 3 is 2.52 bits per heavy atom. The standard InChI is InChI=1S/C21H16BrClN2O5S/c1-29-19-11-14(13-24-25-21(26)15-6-5-7-16(22)12-15)10-18(23)20(19)30-31(27,28)17-8-3-2-4-9-17/h2-13H,1H3,(H,25,26)/b24-13-. The van der Waals surface area contributed by atoms with E-state index in [1.54, 1.807) is 42.5 Å². The van der Waals surface area contributed by atoms with E-state index in [4.69, 9.17) is 20.5 Å². The summed E-state index contributed by atoms with van der Waals surface area (Å²) < 4.78 is 36.2. The number of nitrogens with zero attached hydrogens (tertiary/aromatic N) is 1. The van der Waals surface area contributed by atoms with Crippen molar-refractivity contribution < 1.29 is 22.1 Å². The lowest BCUT2D eigenvalue weighted by atomic mass is 10.2. The van der Waals surface area contributed by atoms with Gasteiger partial charge in [0.25, 0.3) is 5.91 Å². The topological polar surface area (TPSA) is 94.1 Å². The van der Waals surface area contributed by atoms with Crippen molar-refractivity contribution >= 4 is 49.8 Å². The highest BCUT2D eigenvalue weighted by Crippen LogP contribution is 2.38. The monoisotopic (exact) mass is 522 g/mol. The quantitative estimate of drug-likeness (QED) is 0.277. The summed E-state index contributed by atoms with van der Waals surface area (Å²) in [5.74, 6) is -0.459. The first-order valence-corrected chi connectivity index (χ1v) is 11.3. The van der Waals surface area contributed by atoms with E-state index in [0.717, 1.165) is 4.47 Å². The second kappa shape index (κ2) is 9.95. The number of ether oxygens (including phenoxy) is 1. The van der Waals surface area contributed by atoms with Crippen molar-refractivity contribution in [2.24, 2.45) is 5.10 Å². The number of hydrazone groups is 1. The fraction of sp³-hybridized carbons (Fsp3) is 0.0476. The van der Waals surface area contributed by atoms with Gasteiger partial charge in [0.2, 0.25) is 5.75 Å². The number of nitrogens with one attached hydrogen (secondary N) is 1. The van der Waals surface area contributed by atoms with E-state index in [1.165, 1.54) is 37.6 Å². The number of hydrogen-bond acceptors (Lipinski definition) is 6. The molecule has 0 spiro atoms. The Hall–Kier alpha value is -2.88. The molecule has 0 atom stereocenters. The molecule has 0 aliphatic carbocycles. The van der Waals surface area contributed by atoms with Crippen molar-refractivity contribution in [3.8, 4) is 11.5 Å². The number of carbonyl (C=O) groups is 1. The van der Waals surface area contributed by atoms with Gasteiger partial charge in [-0.1, -0.05) is 51.8 Å². The van der Waals surface area contributed by atoms with Crippen LogP contribution in [0.5, 0.6) is 11.5 Å². The summed E-state index contributed by atoms with van der Waals surface area (Å²) in [7, 11) is -2.75. The van der Waals surface area contributed by atoms with Gasteiger partial charge in [-0.3, -0.25) is 4.79 Å². The summed E-state index contributed by atoms with van der Waals surface area (Å²) in [5.41, 5.74) is 3.29. The molecule has 0 heterocycles. The van der Waals surface area contributed by atoms with E-state index in [0.29, 0.717) is 11.1 Å². The Morgan fingerprint density at radius 2 is 1.84 bits per heavy atom. The minimum Gasteiger partial charge on any atom is -0.493 e. The van der Waals surface area contributed by atoms with Crippen LogP contribution in [0.3, 0.4) is 0 Å². The van der Waals surface area contributed by atoms with Crippen molar-refractivity contribution in [1.82, 2.24) is 5.43 Å². The molecule has 0 saturated heterocycles. The van der Waals surface area contributed by atoms with Gasteiger partial charge in [0.15, 0.2) is 5.75 Å². The van der Waals surface area contributed by atoms with Crippen molar-refractivity contribution in [2.75, 3.05) is 7.11 Å². The Kier molecular flexibility index (Phi) is 7.32. The van der Waals surface area contributed by atoms with E-state index < -0.39 is 16.0 Å². The molecule has 0 aliphatic rings. The number of carbonyl (C=O) groups excluding carboxylic acids is 1. The molecule has 3 aromatic rings. The van der Waals surface area contributed by atoms with Crippen molar-refractivity contribution in [3.05, 3.63) is 87.4 Å². The first-order chi connectivity index (χ1) is 14.8. The van der Waals surface area contributed by atoms with E-state index >= 15 is 0 Å². The molecule has 0 saturated carbocycles. The van der Waals surface area contributed by atoms with E-state index in [1.807, 2.05) is 0 Å². The van der Waals surface area contributed by atoms with Gasteiger partial charge in [0.1, 0.15) is 4.90 Å². The third kappa shape index (κ3) is 5.84. The highest BCUT2D eigenvalue weighted by Gasteiger charge is 2.21. The lowest BCUT2D eigenvalue weighted by Gasteiger charge is -2.13. The minimum absolute atomic E-state index is 0.00128.